The molecule has 0 bridgehead atoms. The summed E-state index contributed by atoms with van der Waals surface area (Å²) in [5, 5.41) is 0. The zero-order valence-corrected chi connectivity index (χ0v) is 13.1. The van der Waals surface area contributed by atoms with E-state index in [9.17, 15) is 4.79 Å². The van der Waals surface area contributed by atoms with Crippen LogP contribution in [-0.2, 0) is 4.79 Å². The van der Waals surface area contributed by atoms with Crippen molar-refractivity contribution in [2.24, 2.45) is 5.73 Å². The minimum absolute atomic E-state index is 0.0560. The van der Waals surface area contributed by atoms with Gasteiger partial charge in [0.25, 0.3) is 0 Å². The molecular formula is C15H30N4O. The Hall–Kier alpha value is -0.650. The summed E-state index contributed by atoms with van der Waals surface area (Å²) in [7, 11) is 4.19. The van der Waals surface area contributed by atoms with E-state index in [-0.39, 0.29) is 11.4 Å². The highest BCUT2D eigenvalue weighted by Crippen LogP contribution is 2.31. The van der Waals surface area contributed by atoms with E-state index in [0.717, 1.165) is 39.0 Å². The highest BCUT2D eigenvalue weighted by Gasteiger charge is 2.36. The van der Waals surface area contributed by atoms with Crippen molar-refractivity contribution in [3.8, 4) is 0 Å². The topological polar surface area (TPSA) is 52.8 Å². The summed E-state index contributed by atoms with van der Waals surface area (Å²) in [4.78, 5) is 18.9. The number of hydrogen-bond donors (Lipinski definition) is 1. The summed E-state index contributed by atoms with van der Waals surface area (Å²) in [6.45, 7) is 4.87. The van der Waals surface area contributed by atoms with Crippen LogP contribution in [0.2, 0.25) is 0 Å². The van der Waals surface area contributed by atoms with E-state index >= 15 is 0 Å². The minimum atomic E-state index is 0.0560. The maximum absolute atomic E-state index is 12.4. The van der Waals surface area contributed by atoms with Gasteiger partial charge in [-0.1, -0.05) is 19.3 Å². The van der Waals surface area contributed by atoms with Crippen LogP contribution >= 0.6 is 0 Å². The lowest BCUT2D eigenvalue weighted by Gasteiger charge is -2.44. The molecule has 0 aromatic heterocycles. The van der Waals surface area contributed by atoms with Crippen LogP contribution in [0.1, 0.15) is 32.1 Å². The summed E-state index contributed by atoms with van der Waals surface area (Å²) < 4.78 is 0. The van der Waals surface area contributed by atoms with Crippen LogP contribution in [0.5, 0.6) is 0 Å². The Balaban J connectivity index is 1.89. The second-order valence-corrected chi connectivity index (χ2v) is 6.53. The van der Waals surface area contributed by atoms with Crippen molar-refractivity contribution >= 4 is 5.91 Å². The van der Waals surface area contributed by atoms with E-state index in [2.05, 4.69) is 23.9 Å². The van der Waals surface area contributed by atoms with E-state index in [0.29, 0.717) is 13.1 Å². The summed E-state index contributed by atoms with van der Waals surface area (Å²) in [6, 6.07) is 0. The number of piperazine rings is 1. The number of nitrogens with zero attached hydrogens (tertiary/aromatic N) is 3. The smallest absolute Gasteiger partial charge is 0.236 e. The van der Waals surface area contributed by atoms with Gasteiger partial charge >= 0.3 is 0 Å². The van der Waals surface area contributed by atoms with Gasteiger partial charge in [0.2, 0.25) is 5.91 Å². The molecule has 2 rings (SSSR count). The van der Waals surface area contributed by atoms with Crippen molar-refractivity contribution in [2.75, 3.05) is 53.4 Å². The first-order valence-electron chi connectivity index (χ1n) is 7.95. The van der Waals surface area contributed by atoms with Gasteiger partial charge in [0, 0.05) is 38.3 Å². The first-order valence-corrected chi connectivity index (χ1v) is 7.95. The Labute approximate surface area is 123 Å². The summed E-state index contributed by atoms with van der Waals surface area (Å²) in [6.07, 6.45) is 6.06. The van der Waals surface area contributed by atoms with Gasteiger partial charge in [-0.15, -0.1) is 0 Å². The molecule has 20 heavy (non-hydrogen) atoms. The Morgan fingerprint density at radius 3 is 2.30 bits per heavy atom. The molecule has 1 saturated heterocycles. The Morgan fingerprint density at radius 1 is 1.15 bits per heavy atom. The second-order valence-electron chi connectivity index (χ2n) is 6.53. The van der Waals surface area contributed by atoms with Crippen LogP contribution in [0.15, 0.2) is 0 Å². The number of hydrogen-bond acceptors (Lipinski definition) is 4. The van der Waals surface area contributed by atoms with Crippen LogP contribution in [0, 0.1) is 0 Å². The zero-order valence-electron chi connectivity index (χ0n) is 13.1. The molecule has 0 radical (unpaired) electrons. The fourth-order valence-electron chi connectivity index (χ4n) is 3.48. The summed E-state index contributed by atoms with van der Waals surface area (Å²) >= 11 is 0. The van der Waals surface area contributed by atoms with E-state index in [4.69, 9.17) is 5.73 Å². The second kappa shape index (κ2) is 6.87. The quantitative estimate of drug-likeness (QED) is 0.808. The SMILES string of the molecule is CN1CCN(C(=O)CN(C)C2(CN)CCCCC2)CC1. The average Bonchev–Trinajstić information content (AvgIpc) is 2.48. The molecule has 0 aromatic rings. The van der Waals surface area contributed by atoms with Gasteiger partial charge in [-0.3, -0.25) is 9.69 Å². The number of amides is 1. The molecular weight excluding hydrogens is 252 g/mol. The molecule has 0 spiro atoms. The highest BCUT2D eigenvalue weighted by molar-refractivity contribution is 5.78. The van der Waals surface area contributed by atoms with Gasteiger partial charge in [0.05, 0.1) is 6.54 Å². The molecule has 1 aliphatic carbocycles. The lowest BCUT2D eigenvalue weighted by Crippen LogP contribution is -2.57. The molecule has 5 nitrogen and oxygen atoms in total. The molecule has 116 valence electrons. The molecule has 2 fully saturated rings. The summed E-state index contributed by atoms with van der Waals surface area (Å²) in [5.41, 5.74) is 6.09. The Morgan fingerprint density at radius 2 is 1.75 bits per heavy atom. The van der Waals surface area contributed by atoms with E-state index in [1.54, 1.807) is 0 Å². The molecule has 5 heteroatoms. The van der Waals surface area contributed by atoms with Crippen LogP contribution in [0.3, 0.4) is 0 Å². The first kappa shape index (κ1) is 15.7. The van der Waals surface area contributed by atoms with Gasteiger partial charge < -0.3 is 15.5 Å². The minimum Gasteiger partial charge on any atom is -0.339 e. The molecule has 1 heterocycles. The Kier molecular flexibility index (Phi) is 5.41. The standard InChI is InChI=1S/C15H30N4O/c1-17-8-10-19(11-9-17)14(20)12-18(2)15(13-16)6-4-3-5-7-15/h3-13,16H2,1-2H3. The first-order chi connectivity index (χ1) is 9.57. The predicted octanol–water partition coefficient (Wildman–Crippen LogP) is 0.354. The number of carbonyl (C=O) groups is 1. The van der Waals surface area contributed by atoms with Gasteiger partial charge in [0.1, 0.15) is 0 Å². The van der Waals surface area contributed by atoms with Crippen LogP contribution in [0.25, 0.3) is 0 Å². The van der Waals surface area contributed by atoms with E-state index < -0.39 is 0 Å². The largest absolute Gasteiger partial charge is 0.339 e. The van der Waals surface area contributed by atoms with Crippen molar-refractivity contribution in [2.45, 2.75) is 37.6 Å². The van der Waals surface area contributed by atoms with Crippen LogP contribution in [0.4, 0.5) is 0 Å². The lowest BCUT2D eigenvalue weighted by molar-refractivity contribution is -0.135. The lowest BCUT2D eigenvalue weighted by atomic mass is 9.80. The van der Waals surface area contributed by atoms with Crippen LogP contribution < -0.4 is 5.73 Å². The fraction of sp³-hybridized carbons (Fsp3) is 0.933. The molecule has 1 saturated carbocycles. The number of rotatable bonds is 4. The van der Waals surface area contributed by atoms with Crippen molar-refractivity contribution in [1.29, 1.82) is 0 Å². The normalized spacial score (nSPS) is 24.1. The maximum atomic E-state index is 12.4. The van der Waals surface area contributed by atoms with Gasteiger partial charge in [-0.05, 0) is 26.9 Å². The van der Waals surface area contributed by atoms with Crippen molar-refractivity contribution in [1.82, 2.24) is 14.7 Å². The average molecular weight is 282 g/mol. The molecule has 0 aromatic carbocycles. The fourth-order valence-corrected chi connectivity index (χ4v) is 3.48. The van der Waals surface area contributed by atoms with Gasteiger partial charge in [0.15, 0.2) is 0 Å². The maximum Gasteiger partial charge on any atom is 0.236 e. The molecule has 0 atom stereocenters. The van der Waals surface area contributed by atoms with Gasteiger partial charge in [-0.2, -0.15) is 0 Å². The molecule has 0 unspecified atom stereocenters. The predicted molar refractivity (Wildman–Crippen MR) is 81.6 cm³/mol. The van der Waals surface area contributed by atoms with Crippen LogP contribution in [-0.4, -0.2) is 79.5 Å². The molecule has 2 aliphatic rings. The van der Waals surface area contributed by atoms with E-state index in [1.165, 1.54) is 19.3 Å². The third kappa shape index (κ3) is 3.51. The number of carbonyl (C=O) groups excluding carboxylic acids is 1. The van der Waals surface area contributed by atoms with Crippen molar-refractivity contribution in [3.05, 3.63) is 0 Å². The number of nitrogens with two attached hydrogens (primary N) is 1. The Bertz CT molecular complexity index is 320. The monoisotopic (exact) mass is 282 g/mol. The number of likely N-dealkylation sites (N-methyl/N-ethyl adjacent to an activating group) is 2. The molecule has 2 N–H and O–H groups in total. The third-order valence-electron chi connectivity index (χ3n) is 5.20. The van der Waals surface area contributed by atoms with E-state index in [1.807, 2.05) is 4.90 Å². The summed E-state index contributed by atoms with van der Waals surface area (Å²) in [5.74, 6) is 0.263. The third-order valence-corrected chi connectivity index (χ3v) is 5.20. The molecule has 1 aliphatic heterocycles. The zero-order chi connectivity index (χ0) is 14.6. The van der Waals surface area contributed by atoms with Crippen molar-refractivity contribution < 1.29 is 4.79 Å². The van der Waals surface area contributed by atoms with Crippen molar-refractivity contribution in [3.63, 3.8) is 0 Å². The highest BCUT2D eigenvalue weighted by atomic mass is 16.2. The van der Waals surface area contributed by atoms with Gasteiger partial charge in [-0.25, -0.2) is 0 Å². The molecule has 1 amide bonds.